The number of carbonyl (C=O) groups is 1. The fraction of sp³-hybridized carbons (Fsp3) is 0.250. The van der Waals surface area contributed by atoms with Crippen molar-refractivity contribution in [3.05, 3.63) is 33.4 Å². The van der Waals surface area contributed by atoms with Crippen molar-refractivity contribution in [1.29, 1.82) is 0 Å². The van der Waals surface area contributed by atoms with Gasteiger partial charge in [0.15, 0.2) is 5.69 Å². The van der Waals surface area contributed by atoms with E-state index in [1.807, 2.05) is 0 Å². The molecule has 0 saturated carbocycles. The molecule has 0 aromatic carbocycles. The molecule has 0 amide bonds. The number of alkyl halides is 2. The zero-order valence-corrected chi connectivity index (χ0v) is 8.32. The van der Waals surface area contributed by atoms with Crippen molar-refractivity contribution < 1.29 is 27.6 Å². The third-order valence-corrected chi connectivity index (χ3v) is 1.76. The maximum Gasteiger partial charge on any atom is 0.360 e. The highest BCUT2D eigenvalue weighted by Crippen LogP contribution is 2.26. The Kier molecular flexibility index (Phi) is 3.61. The van der Waals surface area contributed by atoms with E-state index in [0.29, 0.717) is 0 Å². The van der Waals surface area contributed by atoms with Crippen molar-refractivity contribution in [2.75, 3.05) is 7.11 Å². The summed E-state index contributed by atoms with van der Waals surface area (Å²) in [5, 5.41) is 10.4. The number of hydrogen-bond donors (Lipinski definition) is 0. The average Bonchev–Trinajstić information content (AvgIpc) is 2.27. The number of esters is 1. The third-order valence-electron chi connectivity index (χ3n) is 1.76. The van der Waals surface area contributed by atoms with Gasteiger partial charge in [0.25, 0.3) is 6.43 Å². The van der Waals surface area contributed by atoms with E-state index in [0.717, 1.165) is 7.11 Å². The molecule has 0 unspecified atom stereocenters. The number of carbonyl (C=O) groups excluding carboxylic acids is 1. The lowest BCUT2D eigenvalue weighted by Crippen LogP contribution is -2.12. The van der Waals surface area contributed by atoms with Crippen molar-refractivity contribution in [3.8, 4) is 0 Å². The molecule has 0 aliphatic rings. The lowest BCUT2D eigenvalue weighted by molar-refractivity contribution is -0.387. The SMILES string of the molecule is COC(=O)c1nc(C(F)F)cc([N+](=O)[O-])c1F. The standard InChI is InChI=1S/C8H5F3N2O4/c1-17-8(14)6-5(9)4(13(15)16)2-3(12-6)7(10)11/h2,7H,1H3. The van der Waals surface area contributed by atoms with Gasteiger partial charge in [-0.15, -0.1) is 0 Å². The van der Waals surface area contributed by atoms with Crippen LogP contribution in [0.1, 0.15) is 22.6 Å². The lowest BCUT2D eigenvalue weighted by atomic mass is 10.2. The summed E-state index contributed by atoms with van der Waals surface area (Å²) in [6.07, 6.45) is -3.17. The molecule has 0 N–H and O–H groups in total. The summed E-state index contributed by atoms with van der Waals surface area (Å²) in [5.41, 5.74) is -3.47. The summed E-state index contributed by atoms with van der Waals surface area (Å²) < 4.78 is 42.1. The molecule has 0 radical (unpaired) electrons. The van der Waals surface area contributed by atoms with Crippen molar-refractivity contribution in [1.82, 2.24) is 4.98 Å². The quantitative estimate of drug-likeness (QED) is 0.464. The second kappa shape index (κ2) is 4.76. The molecule has 17 heavy (non-hydrogen) atoms. The first kappa shape index (κ1) is 12.9. The van der Waals surface area contributed by atoms with Crippen LogP contribution in [0.5, 0.6) is 0 Å². The fourth-order valence-electron chi connectivity index (χ4n) is 1.01. The Balaban J connectivity index is 3.48. The molecule has 0 aliphatic carbocycles. The number of halogens is 3. The van der Waals surface area contributed by atoms with Crippen LogP contribution in [0.25, 0.3) is 0 Å². The molecule has 0 fully saturated rings. The number of rotatable bonds is 3. The van der Waals surface area contributed by atoms with Crippen LogP contribution in [0, 0.1) is 15.9 Å². The summed E-state index contributed by atoms with van der Waals surface area (Å²) in [4.78, 5) is 23.1. The van der Waals surface area contributed by atoms with Gasteiger partial charge in [0, 0.05) is 6.07 Å². The average molecular weight is 250 g/mol. The van der Waals surface area contributed by atoms with E-state index in [4.69, 9.17) is 0 Å². The summed E-state index contributed by atoms with van der Waals surface area (Å²) in [7, 11) is 0.865. The van der Waals surface area contributed by atoms with E-state index in [2.05, 4.69) is 9.72 Å². The van der Waals surface area contributed by atoms with E-state index in [1.165, 1.54) is 0 Å². The van der Waals surface area contributed by atoms with Crippen molar-refractivity contribution in [2.45, 2.75) is 6.43 Å². The predicted molar refractivity (Wildman–Crippen MR) is 47.1 cm³/mol. The monoisotopic (exact) mass is 250 g/mol. The Morgan fingerprint density at radius 3 is 2.59 bits per heavy atom. The maximum atomic E-state index is 13.4. The highest BCUT2D eigenvalue weighted by atomic mass is 19.3. The van der Waals surface area contributed by atoms with Crippen molar-refractivity contribution >= 4 is 11.7 Å². The molecule has 1 aromatic rings. The van der Waals surface area contributed by atoms with Crippen LogP contribution in [-0.4, -0.2) is 23.0 Å². The number of aromatic nitrogens is 1. The van der Waals surface area contributed by atoms with Gasteiger partial charge in [-0.3, -0.25) is 10.1 Å². The van der Waals surface area contributed by atoms with Crippen LogP contribution in [0.4, 0.5) is 18.9 Å². The van der Waals surface area contributed by atoms with E-state index in [1.54, 1.807) is 0 Å². The summed E-state index contributed by atoms with van der Waals surface area (Å²) in [6, 6.07) is 0.270. The molecule has 1 aromatic heterocycles. The Labute approximate surface area is 92.2 Å². The lowest BCUT2D eigenvalue weighted by Gasteiger charge is -2.04. The van der Waals surface area contributed by atoms with Gasteiger partial charge in [0.1, 0.15) is 5.69 Å². The zero-order chi connectivity index (χ0) is 13.2. The second-order valence-corrected chi connectivity index (χ2v) is 2.78. The number of nitro groups is 1. The maximum absolute atomic E-state index is 13.4. The first-order valence-electron chi connectivity index (χ1n) is 4.09. The van der Waals surface area contributed by atoms with Crippen LogP contribution in [0.3, 0.4) is 0 Å². The van der Waals surface area contributed by atoms with E-state index in [9.17, 15) is 28.1 Å². The Hall–Kier alpha value is -2.19. The first-order valence-corrected chi connectivity index (χ1v) is 4.09. The molecule has 0 atom stereocenters. The van der Waals surface area contributed by atoms with Crippen LogP contribution in [0.15, 0.2) is 6.07 Å². The van der Waals surface area contributed by atoms with E-state index < -0.39 is 40.2 Å². The first-order chi connectivity index (χ1) is 7.88. The van der Waals surface area contributed by atoms with Crippen LogP contribution < -0.4 is 0 Å². The molecule has 0 saturated heterocycles. The van der Waals surface area contributed by atoms with Crippen LogP contribution in [0.2, 0.25) is 0 Å². The molecular weight excluding hydrogens is 245 g/mol. The van der Waals surface area contributed by atoms with Gasteiger partial charge in [-0.25, -0.2) is 18.6 Å². The molecule has 6 nitrogen and oxygen atoms in total. The van der Waals surface area contributed by atoms with Gasteiger partial charge in [0.05, 0.1) is 12.0 Å². The Morgan fingerprint density at radius 1 is 1.59 bits per heavy atom. The number of methoxy groups -OCH3 is 1. The largest absolute Gasteiger partial charge is 0.464 e. The zero-order valence-electron chi connectivity index (χ0n) is 8.32. The van der Waals surface area contributed by atoms with E-state index in [-0.39, 0.29) is 6.07 Å². The second-order valence-electron chi connectivity index (χ2n) is 2.78. The minimum Gasteiger partial charge on any atom is -0.464 e. The van der Waals surface area contributed by atoms with Crippen LogP contribution in [-0.2, 0) is 4.74 Å². The van der Waals surface area contributed by atoms with Gasteiger partial charge in [-0.1, -0.05) is 0 Å². The molecule has 0 aliphatic heterocycles. The number of pyridine rings is 1. The number of hydrogen-bond acceptors (Lipinski definition) is 5. The summed E-state index contributed by atoms with van der Waals surface area (Å²) >= 11 is 0. The van der Waals surface area contributed by atoms with Gasteiger partial charge in [-0.2, -0.15) is 4.39 Å². The highest BCUT2D eigenvalue weighted by Gasteiger charge is 2.28. The molecule has 1 rings (SSSR count). The number of nitrogens with zero attached hydrogens (tertiary/aromatic N) is 2. The van der Waals surface area contributed by atoms with Crippen LogP contribution >= 0.6 is 0 Å². The van der Waals surface area contributed by atoms with E-state index >= 15 is 0 Å². The van der Waals surface area contributed by atoms with Gasteiger partial charge in [0.2, 0.25) is 5.82 Å². The molecule has 92 valence electrons. The highest BCUT2D eigenvalue weighted by molar-refractivity contribution is 5.88. The van der Waals surface area contributed by atoms with Gasteiger partial charge >= 0.3 is 11.7 Å². The van der Waals surface area contributed by atoms with Crippen molar-refractivity contribution in [2.24, 2.45) is 0 Å². The Morgan fingerprint density at radius 2 is 2.18 bits per heavy atom. The minimum atomic E-state index is -3.17. The normalized spacial score (nSPS) is 10.4. The fourth-order valence-corrected chi connectivity index (χ4v) is 1.01. The molecule has 0 spiro atoms. The predicted octanol–water partition coefficient (Wildman–Crippen LogP) is 1.85. The molecule has 9 heteroatoms. The topological polar surface area (TPSA) is 82.3 Å². The molecule has 1 heterocycles. The molecule has 0 bridgehead atoms. The third kappa shape index (κ3) is 2.49. The number of ether oxygens (including phenoxy) is 1. The minimum absolute atomic E-state index is 0.270. The van der Waals surface area contributed by atoms with Gasteiger partial charge in [-0.05, 0) is 0 Å². The van der Waals surface area contributed by atoms with Gasteiger partial charge < -0.3 is 4.74 Å². The summed E-state index contributed by atoms with van der Waals surface area (Å²) in [6.45, 7) is 0. The molecular formula is C8H5F3N2O4. The van der Waals surface area contributed by atoms with Crippen molar-refractivity contribution in [3.63, 3.8) is 0 Å². The summed E-state index contributed by atoms with van der Waals surface area (Å²) in [5.74, 6) is -2.97. The smallest absolute Gasteiger partial charge is 0.360 e. The Bertz CT molecular complexity index is 478.